The molecule has 0 bridgehead atoms. The predicted molar refractivity (Wildman–Crippen MR) is 98.8 cm³/mol. The van der Waals surface area contributed by atoms with E-state index in [0.717, 1.165) is 28.2 Å². The van der Waals surface area contributed by atoms with E-state index in [1.54, 1.807) is 18.2 Å². The first-order valence-electron chi connectivity index (χ1n) is 7.56. The summed E-state index contributed by atoms with van der Waals surface area (Å²) in [5, 5.41) is 0. The van der Waals surface area contributed by atoms with Gasteiger partial charge in [0.2, 0.25) is 15.9 Å². The van der Waals surface area contributed by atoms with Crippen LogP contribution >= 0.6 is 31.9 Å². The van der Waals surface area contributed by atoms with Crippen molar-refractivity contribution >= 4 is 41.9 Å². The maximum absolute atomic E-state index is 12.6. The van der Waals surface area contributed by atoms with Crippen molar-refractivity contribution in [2.24, 2.45) is 0 Å². The summed E-state index contributed by atoms with van der Waals surface area (Å²) in [6.07, 6.45) is 4.25. The van der Waals surface area contributed by atoms with Crippen LogP contribution in [0, 0.1) is 0 Å². The summed E-state index contributed by atoms with van der Waals surface area (Å²) in [4.78, 5) is 4.34. The summed E-state index contributed by atoms with van der Waals surface area (Å²) < 4.78 is 34.1. The number of benzene rings is 1. The van der Waals surface area contributed by atoms with Crippen molar-refractivity contribution < 1.29 is 13.2 Å². The lowest BCUT2D eigenvalue weighted by Gasteiger charge is -2.25. The molecule has 2 aromatic rings. The van der Waals surface area contributed by atoms with Crippen LogP contribution in [0.15, 0.2) is 50.4 Å². The Morgan fingerprint density at radius 3 is 2.42 bits per heavy atom. The van der Waals surface area contributed by atoms with Crippen molar-refractivity contribution in [3.8, 4) is 11.6 Å². The fourth-order valence-electron chi connectivity index (χ4n) is 2.50. The van der Waals surface area contributed by atoms with E-state index in [0.29, 0.717) is 24.7 Å². The molecule has 0 amide bonds. The maximum atomic E-state index is 12.6. The second kappa shape index (κ2) is 7.51. The van der Waals surface area contributed by atoms with Crippen LogP contribution in [0.25, 0.3) is 0 Å². The summed E-state index contributed by atoms with van der Waals surface area (Å²) in [6.45, 7) is 1.15. The van der Waals surface area contributed by atoms with Crippen molar-refractivity contribution in [1.29, 1.82) is 0 Å². The summed E-state index contributed by atoms with van der Waals surface area (Å²) in [6, 6.07) is 8.64. The Morgan fingerprint density at radius 2 is 1.79 bits per heavy atom. The molecule has 3 rings (SSSR count). The molecule has 5 nitrogen and oxygen atoms in total. The molecular formula is C16H16Br2N2O3S. The van der Waals surface area contributed by atoms with E-state index in [2.05, 4.69) is 36.8 Å². The number of aromatic nitrogens is 1. The van der Waals surface area contributed by atoms with Gasteiger partial charge in [-0.25, -0.2) is 13.4 Å². The molecule has 0 saturated carbocycles. The zero-order chi connectivity index (χ0) is 17.2. The van der Waals surface area contributed by atoms with Gasteiger partial charge in [0.05, 0.1) is 10.7 Å². The quantitative estimate of drug-likeness (QED) is 0.649. The monoisotopic (exact) mass is 474 g/mol. The Kier molecular flexibility index (Phi) is 5.59. The highest BCUT2D eigenvalue weighted by molar-refractivity contribution is 9.11. The zero-order valence-electron chi connectivity index (χ0n) is 12.8. The van der Waals surface area contributed by atoms with Gasteiger partial charge in [0.15, 0.2) is 0 Å². The average molecular weight is 476 g/mol. The van der Waals surface area contributed by atoms with Crippen molar-refractivity contribution in [1.82, 2.24) is 9.29 Å². The minimum absolute atomic E-state index is 0.201. The van der Waals surface area contributed by atoms with Crippen molar-refractivity contribution in [2.45, 2.75) is 24.2 Å². The molecule has 1 aromatic heterocycles. The van der Waals surface area contributed by atoms with Crippen LogP contribution in [0.2, 0.25) is 0 Å². The van der Waals surface area contributed by atoms with Crippen LogP contribution in [-0.2, 0) is 10.0 Å². The number of halogens is 2. The Labute approximate surface area is 158 Å². The lowest BCUT2D eigenvalue weighted by molar-refractivity contribution is 0.346. The topological polar surface area (TPSA) is 59.5 Å². The first-order chi connectivity index (χ1) is 11.5. The Hall–Kier alpha value is -0.960. The van der Waals surface area contributed by atoms with Gasteiger partial charge in [-0.05, 0) is 53.0 Å². The number of ether oxygens (including phenoxy) is 1. The van der Waals surface area contributed by atoms with E-state index in [1.165, 1.54) is 10.5 Å². The Bertz CT molecular complexity index is 820. The first kappa shape index (κ1) is 17.8. The second-order valence-electron chi connectivity index (χ2n) is 5.47. The second-order valence-corrected chi connectivity index (χ2v) is 9.18. The van der Waals surface area contributed by atoms with Crippen LogP contribution in [0.5, 0.6) is 11.6 Å². The third kappa shape index (κ3) is 3.99. The Morgan fingerprint density at radius 1 is 1.04 bits per heavy atom. The largest absolute Gasteiger partial charge is 0.438 e. The first-order valence-corrected chi connectivity index (χ1v) is 10.6. The van der Waals surface area contributed by atoms with Gasteiger partial charge in [-0.15, -0.1) is 0 Å². The van der Waals surface area contributed by atoms with E-state index < -0.39 is 10.0 Å². The standard InChI is InChI=1S/C16H16Br2N2O3S/c17-12-4-6-15(14(18)10-12)23-16-7-5-13(11-19-16)24(21,22)20-8-2-1-3-9-20/h4-7,10-11H,1-3,8-9H2. The van der Waals surface area contributed by atoms with E-state index in [-0.39, 0.29) is 4.90 Å². The van der Waals surface area contributed by atoms with Crippen LogP contribution in [0.3, 0.4) is 0 Å². The van der Waals surface area contributed by atoms with Gasteiger partial charge in [-0.1, -0.05) is 22.4 Å². The molecule has 0 spiro atoms. The molecule has 8 heteroatoms. The Balaban J connectivity index is 1.77. The third-order valence-electron chi connectivity index (χ3n) is 3.77. The molecule has 0 radical (unpaired) electrons. The van der Waals surface area contributed by atoms with Crippen molar-refractivity contribution in [2.75, 3.05) is 13.1 Å². The number of pyridine rings is 1. The van der Waals surface area contributed by atoms with Crippen LogP contribution < -0.4 is 4.74 Å². The van der Waals surface area contributed by atoms with Gasteiger partial charge < -0.3 is 4.74 Å². The highest BCUT2D eigenvalue weighted by Gasteiger charge is 2.26. The number of sulfonamides is 1. The van der Waals surface area contributed by atoms with Gasteiger partial charge in [0, 0.05) is 23.6 Å². The van der Waals surface area contributed by atoms with Crippen LogP contribution in [0.4, 0.5) is 0 Å². The number of hydrogen-bond donors (Lipinski definition) is 0. The number of rotatable bonds is 4. The summed E-state index contributed by atoms with van der Waals surface area (Å²) in [7, 11) is -3.47. The number of hydrogen-bond acceptors (Lipinski definition) is 4. The molecule has 2 heterocycles. The average Bonchev–Trinajstić information content (AvgIpc) is 2.59. The van der Waals surface area contributed by atoms with E-state index in [4.69, 9.17) is 4.74 Å². The minimum Gasteiger partial charge on any atom is -0.438 e. The van der Waals surface area contributed by atoms with Gasteiger partial charge in [-0.2, -0.15) is 4.31 Å². The van der Waals surface area contributed by atoms with Gasteiger partial charge >= 0.3 is 0 Å². The molecule has 1 aliphatic heterocycles. The van der Waals surface area contributed by atoms with Crippen LogP contribution in [0.1, 0.15) is 19.3 Å². The molecule has 1 saturated heterocycles. The normalized spacial score (nSPS) is 16.1. The molecule has 0 unspecified atom stereocenters. The minimum atomic E-state index is -3.47. The molecule has 0 aliphatic carbocycles. The fourth-order valence-corrected chi connectivity index (χ4v) is 5.10. The smallest absolute Gasteiger partial charge is 0.244 e. The molecule has 0 N–H and O–H groups in total. The lowest BCUT2D eigenvalue weighted by Crippen LogP contribution is -2.35. The van der Waals surface area contributed by atoms with E-state index >= 15 is 0 Å². The van der Waals surface area contributed by atoms with Crippen molar-refractivity contribution in [3.63, 3.8) is 0 Å². The molecular weight excluding hydrogens is 460 g/mol. The fraction of sp³-hybridized carbons (Fsp3) is 0.312. The van der Waals surface area contributed by atoms with Crippen molar-refractivity contribution in [3.05, 3.63) is 45.5 Å². The van der Waals surface area contributed by atoms with E-state index in [1.807, 2.05) is 12.1 Å². The predicted octanol–water partition coefficient (Wildman–Crippen LogP) is 4.57. The molecule has 24 heavy (non-hydrogen) atoms. The molecule has 1 aromatic carbocycles. The lowest BCUT2D eigenvalue weighted by atomic mass is 10.2. The SMILES string of the molecule is O=S(=O)(c1ccc(Oc2ccc(Br)cc2Br)nc1)N1CCCCC1. The summed E-state index contributed by atoms with van der Waals surface area (Å²) >= 11 is 6.80. The van der Waals surface area contributed by atoms with Gasteiger partial charge in [-0.3, -0.25) is 0 Å². The van der Waals surface area contributed by atoms with Gasteiger partial charge in [0.25, 0.3) is 0 Å². The highest BCUT2D eigenvalue weighted by atomic mass is 79.9. The van der Waals surface area contributed by atoms with E-state index in [9.17, 15) is 8.42 Å². The maximum Gasteiger partial charge on any atom is 0.244 e. The highest BCUT2D eigenvalue weighted by Crippen LogP contribution is 2.31. The molecule has 128 valence electrons. The van der Waals surface area contributed by atoms with Crippen LogP contribution in [-0.4, -0.2) is 30.8 Å². The number of nitrogens with zero attached hydrogens (tertiary/aromatic N) is 2. The van der Waals surface area contributed by atoms with Gasteiger partial charge in [0.1, 0.15) is 10.6 Å². The molecule has 1 fully saturated rings. The number of piperidine rings is 1. The molecule has 1 aliphatic rings. The summed E-state index contributed by atoms with van der Waals surface area (Å²) in [5.74, 6) is 0.952. The zero-order valence-corrected chi connectivity index (χ0v) is 16.8. The molecule has 0 atom stereocenters. The third-order valence-corrected chi connectivity index (χ3v) is 6.77. The summed E-state index contributed by atoms with van der Waals surface area (Å²) in [5.41, 5.74) is 0.